The summed E-state index contributed by atoms with van der Waals surface area (Å²) in [6.07, 6.45) is 16.3. The lowest BCUT2D eigenvalue weighted by molar-refractivity contribution is 0.566. The molecule has 0 nitrogen and oxygen atoms in total. The van der Waals surface area contributed by atoms with Gasteiger partial charge in [0.25, 0.3) is 0 Å². The van der Waals surface area contributed by atoms with Gasteiger partial charge >= 0.3 is 0 Å². The van der Waals surface area contributed by atoms with Crippen LogP contribution in [-0.4, -0.2) is 0 Å². The SMILES string of the molecule is CCCCCCCCCC(C)=CCC(C)CC. The fraction of sp³-hybridized carbons (Fsp3) is 0.882. The number of allylic oxidation sites excluding steroid dienone is 2. The molecule has 0 saturated heterocycles. The van der Waals surface area contributed by atoms with Crippen LogP contribution in [0.2, 0.25) is 0 Å². The fourth-order valence-corrected chi connectivity index (χ4v) is 2.03. The molecular formula is C17H34. The largest absolute Gasteiger partial charge is 0.0853 e. The molecule has 0 rings (SSSR count). The van der Waals surface area contributed by atoms with Gasteiger partial charge in [0.2, 0.25) is 0 Å². The first kappa shape index (κ1) is 16.7. The van der Waals surface area contributed by atoms with Crippen LogP contribution in [-0.2, 0) is 0 Å². The molecule has 0 heterocycles. The molecule has 0 heteroatoms. The van der Waals surface area contributed by atoms with Crippen molar-refractivity contribution >= 4 is 0 Å². The van der Waals surface area contributed by atoms with E-state index in [1.165, 1.54) is 64.2 Å². The Morgan fingerprint density at radius 1 is 0.941 bits per heavy atom. The predicted molar refractivity (Wildman–Crippen MR) is 80.4 cm³/mol. The van der Waals surface area contributed by atoms with Crippen molar-refractivity contribution in [2.24, 2.45) is 5.92 Å². The monoisotopic (exact) mass is 238 g/mol. The van der Waals surface area contributed by atoms with E-state index in [2.05, 4.69) is 33.8 Å². The summed E-state index contributed by atoms with van der Waals surface area (Å²) >= 11 is 0. The maximum Gasteiger partial charge on any atom is -0.0322 e. The molecule has 0 fully saturated rings. The Morgan fingerprint density at radius 2 is 1.53 bits per heavy atom. The lowest BCUT2D eigenvalue weighted by Crippen LogP contribution is -1.89. The quantitative estimate of drug-likeness (QED) is 0.284. The molecule has 0 aliphatic carbocycles. The standard InChI is InChI=1S/C17H34/c1-5-7-8-9-10-11-12-13-17(4)15-14-16(3)6-2/h15-16H,5-14H2,1-4H3. The van der Waals surface area contributed by atoms with Crippen molar-refractivity contribution < 1.29 is 0 Å². The van der Waals surface area contributed by atoms with Gasteiger partial charge in [-0.05, 0) is 32.1 Å². The second-order valence-corrected chi connectivity index (χ2v) is 5.67. The van der Waals surface area contributed by atoms with Gasteiger partial charge in [-0.25, -0.2) is 0 Å². The highest BCUT2D eigenvalue weighted by atomic mass is 14.0. The van der Waals surface area contributed by atoms with Gasteiger partial charge < -0.3 is 0 Å². The highest BCUT2D eigenvalue weighted by Gasteiger charge is 1.97. The summed E-state index contributed by atoms with van der Waals surface area (Å²) in [5.74, 6) is 0.860. The molecule has 17 heavy (non-hydrogen) atoms. The fourth-order valence-electron chi connectivity index (χ4n) is 2.03. The normalized spacial score (nSPS) is 14.0. The molecule has 0 N–H and O–H groups in total. The molecule has 0 aliphatic rings. The molecule has 0 saturated carbocycles. The van der Waals surface area contributed by atoms with Gasteiger partial charge in [-0.15, -0.1) is 0 Å². The van der Waals surface area contributed by atoms with Crippen LogP contribution in [0, 0.1) is 5.92 Å². The Morgan fingerprint density at radius 3 is 2.12 bits per heavy atom. The zero-order valence-corrected chi connectivity index (χ0v) is 12.7. The molecule has 0 bridgehead atoms. The smallest absolute Gasteiger partial charge is 0.0322 e. The molecule has 102 valence electrons. The summed E-state index contributed by atoms with van der Waals surface area (Å²) < 4.78 is 0. The summed E-state index contributed by atoms with van der Waals surface area (Å²) in [7, 11) is 0. The third kappa shape index (κ3) is 12.0. The van der Waals surface area contributed by atoms with Gasteiger partial charge in [0.1, 0.15) is 0 Å². The van der Waals surface area contributed by atoms with E-state index in [0.717, 1.165) is 5.92 Å². The first-order chi connectivity index (χ1) is 8.20. The number of hydrogen-bond acceptors (Lipinski definition) is 0. The molecule has 0 spiro atoms. The topological polar surface area (TPSA) is 0 Å². The molecule has 0 aliphatic heterocycles. The van der Waals surface area contributed by atoms with Crippen LogP contribution in [0.3, 0.4) is 0 Å². The van der Waals surface area contributed by atoms with Gasteiger partial charge in [-0.3, -0.25) is 0 Å². The Bertz CT molecular complexity index is 178. The maximum atomic E-state index is 2.46. The minimum atomic E-state index is 0.860. The van der Waals surface area contributed by atoms with Crippen molar-refractivity contribution in [2.75, 3.05) is 0 Å². The van der Waals surface area contributed by atoms with E-state index in [-0.39, 0.29) is 0 Å². The van der Waals surface area contributed by atoms with Crippen LogP contribution in [0.4, 0.5) is 0 Å². The van der Waals surface area contributed by atoms with E-state index in [9.17, 15) is 0 Å². The highest BCUT2D eigenvalue weighted by molar-refractivity contribution is 4.98. The second-order valence-electron chi connectivity index (χ2n) is 5.67. The Hall–Kier alpha value is -0.260. The van der Waals surface area contributed by atoms with Gasteiger partial charge in [-0.1, -0.05) is 77.4 Å². The molecule has 1 atom stereocenters. The average molecular weight is 238 g/mol. The maximum absolute atomic E-state index is 2.46. The van der Waals surface area contributed by atoms with Gasteiger partial charge in [-0.2, -0.15) is 0 Å². The summed E-state index contributed by atoms with van der Waals surface area (Å²) in [4.78, 5) is 0. The second kappa shape index (κ2) is 12.2. The Balaban J connectivity index is 3.35. The zero-order valence-electron chi connectivity index (χ0n) is 12.7. The third-order valence-corrected chi connectivity index (χ3v) is 3.74. The van der Waals surface area contributed by atoms with Gasteiger partial charge in [0.05, 0.1) is 0 Å². The zero-order chi connectivity index (χ0) is 12.9. The van der Waals surface area contributed by atoms with Crippen molar-refractivity contribution in [3.8, 4) is 0 Å². The molecule has 0 amide bonds. The van der Waals surface area contributed by atoms with Crippen LogP contribution in [0.25, 0.3) is 0 Å². The summed E-state index contributed by atoms with van der Waals surface area (Å²) in [5.41, 5.74) is 1.61. The number of hydrogen-bond donors (Lipinski definition) is 0. The van der Waals surface area contributed by atoms with Crippen LogP contribution in [0.5, 0.6) is 0 Å². The molecule has 0 radical (unpaired) electrons. The lowest BCUT2D eigenvalue weighted by atomic mass is 10.0. The van der Waals surface area contributed by atoms with Crippen LogP contribution >= 0.6 is 0 Å². The van der Waals surface area contributed by atoms with Crippen LogP contribution in [0.1, 0.15) is 91.9 Å². The van der Waals surface area contributed by atoms with Crippen LogP contribution < -0.4 is 0 Å². The number of unbranched alkanes of at least 4 members (excludes halogenated alkanes) is 6. The van der Waals surface area contributed by atoms with E-state index in [0.29, 0.717) is 0 Å². The third-order valence-electron chi connectivity index (χ3n) is 3.74. The lowest BCUT2D eigenvalue weighted by Gasteiger charge is -2.06. The summed E-state index contributed by atoms with van der Waals surface area (Å²) in [5, 5.41) is 0. The minimum absolute atomic E-state index is 0.860. The molecule has 0 aromatic heterocycles. The van der Waals surface area contributed by atoms with Gasteiger partial charge in [0, 0.05) is 0 Å². The van der Waals surface area contributed by atoms with Crippen molar-refractivity contribution in [3.63, 3.8) is 0 Å². The van der Waals surface area contributed by atoms with Crippen molar-refractivity contribution in [2.45, 2.75) is 91.9 Å². The van der Waals surface area contributed by atoms with E-state index >= 15 is 0 Å². The molecule has 0 aromatic rings. The van der Waals surface area contributed by atoms with Gasteiger partial charge in [0.15, 0.2) is 0 Å². The van der Waals surface area contributed by atoms with E-state index in [4.69, 9.17) is 0 Å². The molecule has 0 aromatic carbocycles. The van der Waals surface area contributed by atoms with Crippen molar-refractivity contribution in [3.05, 3.63) is 11.6 Å². The predicted octanol–water partition coefficient (Wildman–Crippen LogP) is 6.51. The highest BCUT2D eigenvalue weighted by Crippen LogP contribution is 2.14. The van der Waals surface area contributed by atoms with Crippen LogP contribution in [0.15, 0.2) is 11.6 Å². The average Bonchev–Trinajstić information content (AvgIpc) is 2.34. The minimum Gasteiger partial charge on any atom is -0.0853 e. The van der Waals surface area contributed by atoms with E-state index < -0.39 is 0 Å². The first-order valence-electron chi connectivity index (χ1n) is 7.86. The summed E-state index contributed by atoms with van der Waals surface area (Å²) in [6, 6.07) is 0. The van der Waals surface area contributed by atoms with E-state index in [1.54, 1.807) is 5.57 Å². The Labute approximate surface area is 110 Å². The number of rotatable bonds is 11. The van der Waals surface area contributed by atoms with Crippen molar-refractivity contribution in [1.29, 1.82) is 0 Å². The van der Waals surface area contributed by atoms with Crippen molar-refractivity contribution in [1.82, 2.24) is 0 Å². The molecular weight excluding hydrogens is 204 g/mol. The van der Waals surface area contributed by atoms with E-state index in [1.807, 2.05) is 0 Å². The first-order valence-corrected chi connectivity index (χ1v) is 7.86. The molecule has 1 unspecified atom stereocenters. The summed E-state index contributed by atoms with van der Waals surface area (Å²) in [6.45, 7) is 9.21. The Kier molecular flexibility index (Phi) is 12.0.